The maximum Gasteiger partial charge on any atom is 0.257 e. The monoisotopic (exact) mass is 328 g/mol. The highest BCUT2D eigenvalue weighted by atomic mass is 35.5. The van der Waals surface area contributed by atoms with Crippen LogP contribution >= 0.6 is 11.6 Å². The third kappa shape index (κ3) is 3.66. The van der Waals surface area contributed by atoms with Crippen molar-refractivity contribution in [1.29, 1.82) is 0 Å². The molecule has 0 radical (unpaired) electrons. The van der Waals surface area contributed by atoms with Crippen LogP contribution in [0.25, 0.3) is 5.57 Å². The number of anilines is 2. The number of carbonyl (C=O) groups excluding carboxylic acids is 1. The Labute approximate surface area is 140 Å². The van der Waals surface area contributed by atoms with Gasteiger partial charge in [-0.3, -0.25) is 4.79 Å². The number of hydrogen-bond donors (Lipinski definition) is 2. The van der Waals surface area contributed by atoms with Crippen molar-refractivity contribution in [2.75, 3.05) is 23.1 Å². The third-order valence-electron chi connectivity index (χ3n) is 3.49. The fraction of sp³-hybridized carbons (Fsp3) is 0.167. The molecule has 0 aliphatic carbocycles. The van der Waals surface area contributed by atoms with E-state index in [1.165, 1.54) is 0 Å². The third-order valence-corrected chi connectivity index (χ3v) is 3.76. The number of ether oxygens (including phenoxy) is 1. The minimum Gasteiger partial charge on any atom is -0.494 e. The van der Waals surface area contributed by atoms with Crippen LogP contribution in [-0.4, -0.2) is 18.4 Å². The molecule has 0 aromatic heterocycles. The molecular weight excluding hydrogens is 312 g/mol. The number of benzene rings is 2. The Kier molecular flexibility index (Phi) is 4.83. The van der Waals surface area contributed by atoms with Crippen LogP contribution in [-0.2, 0) is 4.79 Å². The molecule has 3 rings (SSSR count). The van der Waals surface area contributed by atoms with Crippen LogP contribution in [0.1, 0.15) is 12.0 Å². The molecule has 1 heterocycles. The molecule has 1 aliphatic heterocycles. The van der Waals surface area contributed by atoms with E-state index in [0.717, 1.165) is 29.1 Å². The summed E-state index contributed by atoms with van der Waals surface area (Å²) in [6.07, 6.45) is 2.55. The van der Waals surface area contributed by atoms with E-state index < -0.39 is 0 Å². The first-order valence-electron chi connectivity index (χ1n) is 7.44. The van der Waals surface area contributed by atoms with Gasteiger partial charge in [-0.1, -0.05) is 18.2 Å². The first kappa shape index (κ1) is 15.4. The lowest BCUT2D eigenvalue weighted by Crippen LogP contribution is -2.05. The summed E-state index contributed by atoms with van der Waals surface area (Å²) >= 11 is 5.62. The minimum atomic E-state index is -0.0975. The van der Waals surface area contributed by atoms with Gasteiger partial charge in [0.2, 0.25) is 0 Å². The van der Waals surface area contributed by atoms with Crippen molar-refractivity contribution >= 4 is 34.5 Å². The average molecular weight is 329 g/mol. The maximum atomic E-state index is 12.0. The summed E-state index contributed by atoms with van der Waals surface area (Å²) in [5.41, 5.74) is 3.27. The van der Waals surface area contributed by atoms with Crippen molar-refractivity contribution < 1.29 is 9.53 Å². The summed E-state index contributed by atoms with van der Waals surface area (Å²) in [6, 6.07) is 15.2. The van der Waals surface area contributed by atoms with Crippen LogP contribution in [0.3, 0.4) is 0 Å². The van der Waals surface area contributed by atoms with E-state index in [1.54, 1.807) is 6.20 Å². The van der Waals surface area contributed by atoms with Crippen molar-refractivity contribution in [2.45, 2.75) is 6.42 Å². The number of fused-ring (bicyclic) bond motifs is 1. The molecule has 5 heteroatoms. The summed E-state index contributed by atoms with van der Waals surface area (Å²) in [4.78, 5) is 12.0. The number of carbonyl (C=O) groups is 1. The molecule has 0 atom stereocenters. The van der Waals surface area contributed by atoms with Gasteiger partial charge in [0, 0.05) is 29.0 Å². The highest BCUT2D eigenvalue weighted by Gasteiger charge is 2.23. The van der Waals surface area contributed by atoms with E-state index in [-0.39, 0.29) is 5.91 Å². The van der Waals surface area contributed by atoms with Gasteiger partial charge in [-0.05, 0) is 36.8 Å². The summed E-state index contributed by atoms with van der Waals surface area (Å²) in [5, 5.41) is 6.00. The number of rotatable bonds is 6. The summed E-state index contributed by atoms with van der Waals surface area (Å²) < 4.78 is 5.55. The lowest BCUT2D eigenvalue weighted by atomic mass is 10.1. The topological polar surface area (TPSA) is 50.4 Å². The second-order valence-electron chi connectivity index (χ2n) is 5.12. The molecule has 23 heavy (non-hydrogen) atoms. The van der Waals surface area contributed by atoms with Crippen LogP contribution in [0.15, 0.2) is 54.7 Å². The van der Waals surface area contributed by atoms with Crippen LogP contribution in [0.4, 0.5) is 11.4 Å². The Hall–Kier alpha value is -2.46. The van der Waals surface area contributed by atoms with Crippen molar-refractivity contribution in [1.82, 2.24) is 0 Å². The Morgan fingerprint density at radius 1 is 1.13 bits per heavy atom. The van der Waals surface area contributed by atoms with E-state index in [1.807, 2.05) is 48.5 Å². The van der Waals surface area contributed by atoms with Crippen LogP contribution in [0.2, 0.25) is 0 Å². The number of para-hydroxylation sites is 1. The number of hydrogen-bond acceptors (Lipinski definition) is 3. The van der Waals surface area contributed by atoms with Crippen molar-refractivity contribution in [3.05, 3.63) is 60.3 Å². The number of amides is 1. The van der Waals surface area contributed by atoms with Gasteiger partial charge in [0.15, 0.2) is 0 Å². The Balaban J connectivity index is 1.67. The summed E-state index contributed by atoms with van der Waals surface area (Å²) in [7, 11) is 0. The molecule has 2 N–H and O–H groups in total. The van der Waals surface area contributed by atoms with Crippen molar-refractivity contribution in [3.8, 4) is 5.75 Å². The average Bonchev–Trinajstić information content (AvgIpc) is 2.90. The van der Waals surface area contributed by atoms with E-state index >= 15 is 0 Å². The van der Waals surface area contributed by atoms with E-state index in [4.69, 9.17) is 16.3 Å². The number of halogens is 1. The molecular formula is C18H17ClN2O2. The summed E-state index contributed by atoms with van der Waals surface area (Å²) in [6.45, 7) is 0.608. The lowest BCUT2D eigenvalue weighted by Gasteiger charge is -2.07. The molecule has 2 aromatic carbocycles. The Morgan fingerprint density at radius 2 is 1.91 bits per heavy atom. The van der Waals surface area contributed by atoms with Crippen LogP contribution < -0.4 is 15.4 Å². The zero-order chi connectivity index (χ0) is 16.1. The molecule has 0 unspecified atom stereocenters. The number of alkyl halides is 1. The standard InChI is InChI=1S/C18H17ClN2O2/c19-10-3-11-23-14-8-6-13(7-9-14)20-12-16-15-4-1-2-5-17(15)21-18(16)22/h1-2,4-9,12,20H,3,10-11H2,(H,21,22)/b16-12+. The maximum absolute atomic E-state index is 12.0. The second-order valence-corrected chi connectivity index (χ2v) is 5.50. The zero-order valence-corrected chi connectivity index (χ0v) is 13.3. The quantitative estimate of drug-likeness (QED) is 0.477. The van der Waals surface area contributed by atoms with Gasteiger partial charge in [0.05, 0.1) is 12.2 Å². The van der Waals surface area contributed by atoms with E-state index in [2.05, 4.69) is 10.6 Å². The van der Waals surface area contributed by atoms with Crippen LogP contribution in [0, 0.1) is 0 Å². The molecule has 0 saturated heterocycles. The number of nitrogens with one attached hydrogen (secondary N) is 2. The molecule has 1 amide bonds. The normalized spacial score (nSPS) is 14.5. The van der Waals surface area contributed by atoms with Crippen molar-refractivity contribution in [2.24, 2.45) is 0 Å². The van der Waals surface area contributed by atoms with E-state index in [9.17, 15) is 4.79 Å². The van der Waals surface area contributed by atoms with E-state index in [0.29, 0.717) is 18.1 Å². The fourth-order valence-electron chi connectivity index (χ4n) is 2.33. The first-order valence-corrected chi connectivity index (χ1v) is 7.97. The first-order chi connectivity index (χ1) is 11.3. The second kappa shape index (κ2) is 7.20. The minimum absolute atomic E-state index is 0.0975. The molecule has 1 aliphatic rings. The van der Waals surface area contributed by atoms with Gasteiger partial charge in [0.1, 0.15) is 5.75 Å². The van der Waals surface area contributed by atoms with Gasteiger partial charge in [-0.25, -0.2) is 0 Å². The Morgan fingerprint density at radius 3 is 2.70 bits per heavy atom. The Bertz CT molecular complexity index is 726. The highest BCUT2D eigenvalue weighted by molar-refractivity contribution is 6.31. The van der Waals surface area contributed by atoms with Gasteiger partial charge < -0.3 is 15.4 Å². The smallest absolute Gasteiger partial charge is 0.257 e. The van der Waals surface area contributed by atoms with Gasteiger partial charge in [-0.2, -0.15) is 0 Å². The summed E-state index contributed by atoms with van der Waals surface area (Å²) in [5.74, 6) is 1.30. The van der Waals surface area contributed by atoms with Gasteiger partial charge in [-0.15, -0.1) is 11.6 Å². The fourth-order valence-corrected chi connectivity index (χ4v) is 2.44. The predicted octanol–water partition coefficient (Wildman–Crippen LogP) is 4.10. The largest absolute Gasteiger partial charge is 0.494 e. The van der Waals surface area contributed by atoms with Gasteiger partial charge in [0.25, 0.3) is 5.91 Å². The molecule has 0 bridgehead atoms. The molecule has 118 valence electrons. The lowest BCUT2D eigenvalue weighted by molar-refractivity contribution is -0.110. The van der Waals surface area contributed by atoms with Gasteiger partial charge >= 0.3 is 0 Å². The highest BCUT2D eigenvalue weighted by Crippen LogP contribution is 2.31. The molecule has 0 spiro atoms. The molecule has 2 aromatic rings. The SMILES string of the molecule is O=C1Nc2ccccc2/C1=C\Nc1ccc(OCCCCl)cc1. The molecule has 0 saturated carbocycles. The molecule has 0 fully saturated rings. The van der Waals surface area contributed by atoms with Crippen LogP contribution in [0.5, 0.6) is 5.75 Å². The zero-order valence-electron chi connectivity index (χ0n) is 12.5. The predicted molar refractivity (Wildman–Crippen MR) is 93.9 cm³/mol. The molecule has 4 nitrogen and oxygen atoms in total. The van der Waals surface area contributed by atoms with Crippen molar-refractivity contribution in [3.63, 3.8) is 0 Å².